The van der Waals surface area contributed by atoms with Crippen LogP contribution >= 0.6 is 11.6 Å². The molecule has 2 fully saturated rings. The summed E-state index contributed by atoms with van der Waals surface area (Å²) in [6.07, 6.45) is 11.7. The third-order valence-corrected chi connectivity index (χ3v) is 4.25. The van der Waals surface area contributed by atoms with Gasteiger partial charge >= 0.3 is 0 Å². The van der Waals surface area contributed by atoms with Gasteiger partial charge in [0.2, 0.25) is 0 Å². The number of halogens is 1. The van der Waals surface area contributed by atoms with E-state index in [2.05, 4.69) is 0 Å². The number of alkyl halides is 1. The molecule has 0 radical (unpaired) electrons. The highest BCUT2D eigenvalue weighted by Gasteiger charge is 2.43. The molecule has 2 aliphatic carbocycles. The smallest absolute Gasteiger partial charge is 0.0280 e. The van der Waals surface area contributed by atoms with Crippen molar-refractivity contribution in [2.24, 2.45) is 11.3 Å². The zero-order valence-electron chi connectivity index (χ0n) is 7.82. The summed E-state index contributed by atoms with van der Waals surface area (Å²) in [7, 11) is 0. The second-order valence-corrected chi connectivity index (χ2v) is 5.11. The molecule has 0 nitrogen and oxygen atoms in total. The largest absolute Gasteiger partial charge is 0.126 e. The van der Waals surface area contributed by atoms with Crippen LogP contribution in [0.5, 0.6) is 0 Å². The quantitative estimate of drug-likeness (QED) is 0.585. The van der Waals surface area contributed by atoms with E-state index in [4.69, 9.17) is 11.6 Å². The summed E-state index contributed by atoms with van der Waals surface area (Å²) in [5, 5.41) is 0. The van der Waals surface area contributed by atoms with Gasteiger partial charge in [-0.2, -0.15) is 0 Å². The minimum atomic E-state index is 0.615. The Morgan fingerprint density at radius 2 is 1.75 bits per heavy atom. The average molecular weight is 187 g/mol. The van der Waals surface area contributed by atoms with Crippen molar-refractivity contribution in [1.82, 2.24) is 0 Å². The van der Waals surface area contributed by atoms with Crippen molar-refractivity contribution in [3.63, 3.8) is 0 Å². The topological polar surface area (TPSA) is 0 Å². The first-order valence-corrected chi connectivity index (χ1v) is 5.94. The molecular formula is C11H19Cl. The molecule has 0 N–H and O–H groups in total. The fraction of sp³-hybridized carbons (Fsp3) is 1.00. The summed E-state index contributed by atoms with van der Waals surface area (Å²) in [6, 6.07) is 0. The Labute approximate surface area is 80.7 Å². The second kappa shape index (κ2) is 3.57. The van der Waals surface area contributed by atoms with E-state index in [1.807, 2.05) is 0 Å². The summed E-state index contributed by atoms with van der Waals surface area (Å²) in [6.45, 7) is 0. The Hall–Kier alpha value is 0.290. The van der Waals surface area contributed by atoms with Crippen molar-refractivity contribution in [1.29, 1.82) is 0 Å². The van der Waals surface area contributed by atoms with Crippen LogP contribution in [0.2, 0.25) is 0 Å². The predicted octanol–water partition coefficient (Wildman–Crippen LogP) is 3.98. The molecule has 0 aromatic heterocycles. The monoisotopic (exact) mass is 186 g/mol. The fourth-order valence-corrected chi connectivity index (χ4v) is 2.95. The molecule has 2 rings (SSSR count). The Morgan fingerprint density at radius 1 is 1.08 bits per heavy atom. The molecule has 70 valence electrons. The van der Waals surface area contributed by atoms with E-state index in [9.17, 15) is 0 Å². The van der Waals surface area contributed by atoms with Gasteiger partial charge in [0.05, 0.1) is 0 Å². The van der Waals surface area contributed by atoms with E-state index < -0.39 is 0 Å². The molecular weight excluding hydrogens is 168 g/mol. The van der Waals surface area contributed by atoms with E-state index in [1.165, 1.54) is 51.4 Å². The highest BCUT2D eigenvalue weighted by molar-refractivity contribution is 6.18. The van der Waals surface area contributed by atoms with Crippen LogP contribution in [0.3, 0.4) is 0 Å². The maximum Gasteiger partial charge on any atom is 0.0280 e. The van der Waals surface area contributed by atoms with Crippen molar-refractivity contribution in [2.75, 3.05) is 5.88 Å². The van der Waals surface area contributed by atoms with Gasteiger partial charge < -0.3 is 0 Å². The molecule has 0 atom stereocenters. The van der Waals surface area contributed by atoms with Crippen LogP contribution in [0.15, 0.2) is 0 Å². The molecule has 2 saturated carbocycles. The molecule has 0 aromatic rings. The maximum atomic E-state index is 5.97. The SMILES string of the molecule is ClCC1(CC2CCCCC2)CC1. The number of hydrogen-bond acceptors (Lipinski definition) is 0. The first-order chi connectivity index (χ1) is 5.85. The van der Waals surface area contributed by atoms with E-state index in [1.54, 1.807) is 0 Å². The van der Waals surface area contributed by atoms with Gasteiger partial charge in [0, 0.05) is 5.88 Å². The summed E-state index contributed by atoms with van der Waals surface area (Å²) in [4.78, 5) is 0. The van der Waals surface area contributed by atoms with Gasteiger partial charge in [0.1, 0.15) is 0 Å². The fourth-order valence-electron chi connectivity index (χ4n) is 2.57. The molecule has 2 aliphatic rings. The van der Waals surface area contributed by atoms with E-state index in [0.29, 0.717) is 5.41 Å². The first kappa shape index (κ1) is 8.87. The molecule has 0 aromatic carbocycles. The van der Waals surface area contributed by atoms with Crippen LogP contribution in [0.1, 0.15) is 51.4 Å². The molecule has 0 amide bonds. The molecule has 1 heteroatoms. The highest BCUT2D eigenvalue weighted by Crippen LogP contribution is 2.53. The van der Waals surface area contributed by atoms with Gasteiger partial charge in [-0.05, 0) is 30.6 Å². The van der Waals surface area contributed by atoms with Crippen molar-refractivity contribution < 1.29 is 0 Å². The predicted molar refractivity (Wildman–Crippen MR) is 53.6 cm³/mol. The Bertz CT molecular complexity index is 143. The van der Waals surface area contributed by atoms with Gasteiger partial charge in [-0.15, -0.1) is 11.6 Å². The van der Waals surface area contributed by atoms with Gasteiger partial charge in [0.25, 0.3) is 0 Å². The van der Waals surface area contributed by atoms with Crippen molar-refractivity contribution in [2.45, 2.75) is 51.4 Å². The second-order valence-electron chi connectivity index (χ2n) is 4.84. The molecule has 0 unspecified atom stereocenters. The lowest BCUT2D eigenvalue weighted by Gasteiger charge is -2.25. The highest BCUT2D eigenvalue weighted by atomic mass is 35.5. The van der Waals surface area contributed by atoms with Crippen LogP contribution in [-0.2, 0) is 0 Å². The zero-order valence-corrected chi connectivity index (χ0v) is 8.58. The van der Waals surface area contributed by atoms with Crippen molar-refractivity contribution in [3.05, 3.63) is 0 Å². The third-order valence-electron chi connectivity index (χ3n) is 3.69. The standard InChI is InChI=1S/C11H19Cl/c12-9-11(6-7-11)8-10-4-2-1-3-5-10/h10H,1-9H2. The van der Waals surface area contributed by atoms with Gasteiger partial charge in [0.15, 0.2) is 0 Å². The molecule has 12 heavy (non-hydrogen) atoms. The summed E-state index contributed by atoms with van der Waals surface area (Å²) in [5.74, 6) is 1.95. The van der Waals surface area contributed by atoms with Crippen LogP contribution in [0, 0.1) is 11.3 Å². The van der Waals surface area contributed by atoms with E-state index >= 15 is 0 Å². The zero-order chi connectivity index (χ0) is 8.44. The first-order valence-electron chi connectivity index (χ1n) is 5.41. The van der Waals surface area contributed by atoms with Crippen molar-refractivity contribution >= 4 is 11.6 Å². The lowest BCUT2D eigenvalue weighted by molar-refractivity contribution is 0.288. The summed E-state index contributed by atoms with van der Waals surface area (Å²) < 4.78 is 0. The van der Waals surface area contributed by atoms with Gasteiger partial charge in [-0.3, -0.25) is 0 Å². The minimum Gasteiger partial charge on any atom is -0.126 e. The summed E-state index contributed by atoms with van der Waals surface area (Å²) >= 11 is 5.97. The Balaban J connectivity index is 1.77. The number of hydrogen-bond donors (Lipinski definition) is 0. The lowest BCUT2D eigenvalue weighted by atomic mass is 9.82. The Kier molecular flexibility index (Phi) is 2.64. The van der Waals surface area contributed by atoms with Crippen LogP contribution < -0.4 is 0 Å². The normalized spacial score (nSPS) is 28.8. The van der Waals surface area contributed by atoms with Crippen LogP contribution in [0.25, 0.3) is 0 Å². The molecule has 0 spiro atoms. The molecule has 0 saturated heterocycles. The van der Waals surface area contributed by atoms with Gasteiger partial charge in [-0.1, -0.05) is 32.1 Å². The van der Waals surface area contributed by atoms with Gasteiger partial charge in [-0.25, -0.2) is 0 Å². The summed E-state index contributed by atoms with van der Waals surface area (Å²) in [5.41, 5.74) is 0.615. The maximum absolute atomic E-state index is 5.97. The van der Waals surface area contributed by atoms with Crippen LogP contribution in [-0.4, -0.2) is 5.88 Å². The van der Waals surface area contributed by atoms with Crippen LogP contribution in [0.4, 0.5) is 0 Å². The van der Waals surface area contributed by atoms with E-state index in [0.717, 1.165) is 11.8 Å². The molecule has 0 bridgehead atoms. The lowest BCUT2D eigenvalue weighted by Crippen LogP contribution is -2.14. The molecule has 0 aliphatic heterocycles. The Morgan fingerprint density at radius 3 is 2.25 bits per heavy atom. The van der Waals surface area contributed by atoms with Crippen molar-refractivity contribution in [3.8, 4) is 0 Å². The van der Waals surface area contributed by atoms with E-state index in [-0.39, 0.29) is 0 Å². The third kappa shape index (κ3) is 1.96. The average Bonchev–Trinajstić information content (AvgIpc) is 2.88. The molecule has 0 heterocycles. The minimum absolute atomic E-state index is 0.615. The number of rotatable bonds is 3.